The molecule has 3 aromatic carbocycles. The number of ether oxygens (including phenoxy) is 1. The zero-order valence-corrected chi connectivity index (χ0v) is 20.2. The lowest BCUT2D eigenvalue weighted by Crippen LogP contribution is -2.43. The van der Waals surface area contributed by atoms with Crippen molar-refractivity contribution in [3.05, 3.63) is 99.8 Å². The van der Waals surface area contributed by atoms with E-state index in [9.17, 15) is 9.59 Å². The minimum absolute atomic E-state index is 0.296. The Kier molecular flexibility index (Phi) is 7.32. The molecule has 1 N–H and O–H groups in total. The van der Waals surface area contributed by atoms with Crippen LogP contribution in [0.1, 0.15) is 15.2 Å². The van der Waals surface area contributed by atoms with Gasteiger partial charge >= 0.3 is 5.97 Å². The van der Waals surface area contributed by atoms with Crippen molar-refractivity contribution in [2.24, 2.45) is 0 Å². The summed E-state index contributed by atoms with van der Waals surface area (Å²) in [6.07, 6.45) is 0.296. The molecule has 1 unspecified atom stereocenters. The van der Waals surface area contributed by atoms with Crippen LogP contribution in [0.5, 0.6) is 0 Å². The highest BCUT2D eigenvalue weighted by Gasteiger charge is 2.27. The summed E-state index contributed by atoms with van der Waals surface area (Å²) in [6.45, 7) is 0. The Bertz CT molecular complexity index is 1260. The monoisotopic (exact) mass is 520 g/mol. The molecular weight excluding hydrogens is 500 g/mol. The molecule has 1 atom stereocenters. The van der Waals surface area contributed by atoms with Crippen LogP contribution in [0.4, 0.5) is 0 Å². The summed E-state index contributed by atoms with van der Waals surface area (Å²) in [6, 6.07) is 26.0. The Hall–Kier alpha value is -3.29. The van der Waals surface area contributed by atoms with E-state index in [0.29, 0.717) is 17.0 Å². The van der Waals surface area contributed by atoms with Gasteiger partial charge in [0.05, 0.1) is 12.8 Å². The van der Waals surface area contributed by atoms with Gasteiger partial charge in [-0.3, -0.25) is 4.79 Å². The van der Waals surface area contributed by atoms with E-state index >= 15 is 0 Å². The van der Waals surface area contributed by atoms with Gasteiger partial charge in [0.2, 0.25) is 0 Å². The van der Waals surface area contributed by atoms with Crippen LogP contribution in [-0.2, 0) is 16.0 Å². The smallest absolute Gasteiger partial charge is 0.328 e. The Labute approximate surface area is 204 Å². The van der Waals surface area contributed by atoms with E-state index in [0.717, 1.165) is 26.2 Å². The molecule has 0 aliphatic rings. The standard InChI is InChI=1S/C26H21BrN2O3S/c1-32-26(31)21(16-19-14-8-9-15-20(19)27)28-24(30)23-22(17-10-4-2-5-11-17)29-25(33-23)18-12-6-3-7-13-18/h2-15,21H,16H2,1H3,(H,28,30). The van der Waals surface area contributed by atoms with Crippen molar-refractivity contribution in [1.29, 1.82) is 0 Å². The molecule has 1 amide bonds. The van der Waals surface area contributed by atoms with E-state index in [4.69, 9.17) is 9.72 Å². The number of thiazole rings is 1. The lowest BCUT2D eigenvalue weighted by molar-refractivity contribution is -0.142. The second-order valence-electron chi connectivity index (χ2n) is 7.27. The molecule has 0 saturated heterocycles. The first-order chi connectivity index (χ1) is 16.1. The van der Waals surface area contributed by atoms with Gasteiger partial charge in [-0.25, -0.2) is 9.78 Å². The molecule has 0 fully saturated rings. The molecule has 0 aliphatic carbocycles. The van der Waals surface area contributed by atoms with Crippen molar-refractivity contribution in [2.75, 3.05) is 7.11 Å². The number of carbonyl (C=O) groups excluding carboxylic acids is 2. The van der Waals surface area contributed by atoms with Gasteiger partial charge in [-0.1, -0.05) is 94.8 Å². The highest BCUT2D eigenvalue weighted by Crippen LogP contribution is 2.34. The molecule has 166 valence electrons. The minimum atomic E-state index is -0.841. The molecule has 5 nitrogen and oxygen atoms in total. The number of hydrogen-bond acceptors (Lipinski definition) is 5. The first-order valence-corrected chi connectivity index (χ1v) is 11.9. The normalized spacial score (nSPS) is 11.6. The van der Waals surface area contributed by atoms with E-state index in [1.807, 2.05) is 84.9 Å². The Morgan fingerprint density at radius 2 is 1.55 bits per heavy atom. The maximum Gasteiger partial charge on any atom is 0.328 e. The lowest BCUT2D eigenvalue weighted by atomic mass is 10.1. The molecular formula is C26H21BrN2O3S. The van der Waals surface area contributed by atoms with Gasteiger partial charge in [0, 0.05) is 22.0 Å². The lowest BCUT2D eigenvalue weighted by Gasteiger charge is -2.17. The van der Waals surface area contributed by atoms with Crippen LogP contribution < -0.4 is 5.32 Å². The third-order valence-corrected chi connectivity index (χ3v) is 6.95. The molecule has 1 heterocycles. The zero-order valence-electron chi connectivity index (χ0n) is 17.8. The summed E-state index contributed by atoms with van der Waals surface area (Å²) >= 11 is 4.81. The fourth-order valence-electron chi connectivity index (χ4n) is 3.41. The molecule has 1 aromatic heterocycles. The highest BCUT2D eigenvalue weighted by atomic mass is 79.9. The number of rotatable bonds is 7. The van der Waals surface area contributed by atoms with E-state index in [1.54, 1.807) is 0 Å². The second-order valence-corrected chi connectivity index (χ2v) is 9.13. The van der Waals surface area contributed by atoms with Gasteiger partial charge in [-0.15, -0.1) is 11.3 Å². The fourth-order valence-corrected chi connectivity index (χ4v) is 4.86. The van der Waals surface area contributed by atoms with Gasteiger partial charge in [0.25, 0.3) is 5.91 Å². The van der Waals surface area contributed by atoms with Crippen LogP contribution >= 0.6 is 27.3 Å². The summed E-state index contributed by atoms with van der Waals surface area (Å²) in [4.78, 5) is 31.2. The summed E-state index contributed by atoms with van der Waals surface area (Å²) in [7, 11) is 1.32. The molecule has 7 heteroatoms. The molecule has 0 spiro atoms. The maximum absolute atomic E-state index is 13.4. The quantitative estimate of drug-likeness (QED) is 0.315. The number of nitrogens with zero attached hydrogens (tertiary/aromatic N) is 1. The number of halogens is 1. The predicted octanol–water partition coefficient (Wildman–Crippen LogP) is 5.75. The van der Waals surface area contributed by atoms with Gasteiger partial charge in [-0.05, 0) is 11.6 Å². The van der Waals surface area contributed by atoms with Crippen molar-refractivity contribution in [1.82, 2.24) is 10.3 Å². The first kappa shape index (κ1) is 22.9. The van der Waals surface area contributed by atoms with Crippen LogP contribution in [0.25, 0.3) is 21.8 Å². The third-order valence-electron chi connectivity index (χ3n) is 5.07. The average Bonchev–Trinajstić information content (AvgIpc) is 3.31. The van der Waals surface area contributed by atoms with Gasteiger partial charge < -0.3 is 10.1 Å². The topological polar surface area (TPSA) is 68.3 Å². The van der Waals surface area contributed by atoms with Crippen molar-refractivity contribution < 1.29 is 14.3 Å². The Morgan fingerprint density at radius 3 is 2.18 bits per heavy atom. The van der Waals surface area contributed by atoms with Crippen LogP contribution in [0.2, 0.25) is 0 Å². The van der Waals surface area contributed by atoms with Crippen molar-refractivity contribution in [2.45, 2.75) is 12.5 Å². The van der Waals surface area contributed by atoms with E-state index < -0.39 is 12.0 Å². The number of methoxy groups -OCH3 is 1. The number of amides is 1. The van der Waals surface area contributed by atoms with Crippen molar-refractivity contribution in [3.8, 4) is 21.8 Å². The van der Waals surface area contributed by atoms with Crippen LogP contribution in [0.3, 0.4) is 0 Å². The van der Waals surface area contributed by atoms with E-state index in [1.165, 1.54) is 18.4 Å². The van der Waals surface area contributed by atoms with Gasteiger partial charge in [-0.2, -0.15) is 0 Å². The number of aromatic nitrogens is 1. The summed E-state index contributed by atoms with van der Waals surface area (Å²) in [5, 5.41) is 3.61. The molecule has 4 rings (SSSR count). The minimum Gasteiger partial charge on any atom is -0.467 e. The molecule has 0 bridgehead atoms. The van der Waals surface area contributed by atoms with Gasteiger partial charge in [0.1, 0.15) is 15.9 Å². The van der Waals surface area contributed by atoms with Crippen LogP contribution in [-0.4, -0.2) is 30.0 Å². The molecule has 0 aliphatic heterocycles. The van der Waals surface area contributed by atoms with E-state index in [-0.39, 0.29) is 5.91 Å². The van der Waals surface area contributed by atoms with E-state index in [2.05, 4.69) is 21.2 Å². The number of nitrogens with one attached hydrogen (secondary N) is 1. The zero-order chi connectivity index (χ0) is 23.2. The number of esters is 1. The number of benzene rings is 3. The van der Waals surface area contributed by atoms with Crippen molar-refractivity contribution >= 4 is 39.1 Å². The summed E-state index contributed by atoms with van der Waals surface area (Å²) < 4.78 is 5.83. The molecule has 0 radical (unpaired) electrons. The Balaban J connectivity index is 1.69. The largest absolute Gasteiger partial charge is 0.467 e. The number of carbonyl (C=O) groups is 2. The first-order valence-electron chi connectivity index (χ1n) is 10.3. The summed E-state index contributed by atoms with van der Waals surface area (Å²) in [5.74, 6) is -0.871. The highest BCUT2D eigenvalue weighted by molar-refractivity contribution is 9.10. The molecule has 33 heavy (non-hydrogen) atoms. The van der Waals surface area contributed by atoms with Crippen LogP contribution in [0, 0.1) is 0 Å². The second kappa shape index (κ2) is 10.6. The third kappa shape index (κ3) is 5.38. The molecule has 4 aromatic rings. The predicted molar refractivity (Wildman–Crippen MR) is 134 cm³/mol. The number of hydrogen-bond donors (Lipinski definition) is 1. The molecule has 0 saturated carbocycles. The summed E-state index contributed by atoms with van der Waals surface area (Å²) in [5.41, 5.74) is 3.24. The van der Waals surface area contributed by atoms with Crippen molar-refractivity contribution in [3.63, 3.8) is 0 Å². The van der Waals surface area contributed by atoms with Crippen LogP contribution in [0.15, 0.2) is 89.4 Å². The SMILES string of the molecule is COC(=O)C(Cc1ccccc1Br)NC(=O)c1sc(-c2ccccc2)nc1-c1ccccc1. The maximum atomic E-state index is 13.4. The fraction of sp³-hybridized carbons (Fsp3) is 0.115. The average molecular weight is 521 g/mol. The van der Waals surface area contributed by atoms with Gasteiger partial charge in [0.15, 0.2) is 0 Å². The Morgan fingerprint density at radius 1 is 0.939 bits per heavy atom.